The van der Waals surface area contributed by atoms with E-state index in [9.17, 15) is 9.18 Å². The maximum Gasteiger partial charge on any atom is 0.224 e. The van der Waals surface area contributed by atoms with Gasteiger partial charge in [0.2, 0.25) is 5.91 Å². The maximum atomic E-state index is 13.2. The molecule has 0 unspecified atom stereocenters. The van der Waals surface area contributed by atoms with E-state index in [1.807, 2.05) is 11.0 Å². The number of morpholine rings is 1. The molecule has 0 radical (unpaired) electrons. The molecule has 0 saturated carbocycles. The van der Waals surface area contributed by atoms with E-state index >= 15 is 0 Å². The number of hydrogen-bond acceptors (Lipinski definition) is 4. The molecule has 1 N–H and O–H groups in total. The Balaban J connectivity index is 1.43. The molecule has 0 spiro atoms. The molecule has 1 aromatic carbocycles. The highest BCUT2D eigenvalue weighted by atomic mass is 19.1. The van der Waals surface area contributed by atoms with Gasteiger partial charge in [0.05, 0.1) is 13.2 Å². The zero-order valence-electron chi connectivity index (χ0n) is 13.3. The molecule has 2 fully saturated rings. The number of hydrogen-bond donors (Lipinski definition) is 1. The second-order valence-corrected chi connectivity index (χ2v) is 6.22. The topological polar surface area (TPSA) is 44.8 Å². The largest absolute Gasteiger partial charge is 0.378 e. The third-order valence-corrected chi connectivity index (χ3v) is 4.44. The van der Waals surface area contributed by atoms with Crippen molar-refractivity contribution in [3.8, 4) is 0 Å². The third-order valence-electron chi connectivity index (χ3n) is 4.44. The fourth-order valence-corrected chi connectivity index (χ4v) is 3.14. The van der Waals surface area contributed by atoms with Crippen LogP contribution in [0.15, 0.2) is 24.3 Å². The summed E-state index contributed by atoms with van der Waals surface area (Å²) in [6.07, 6.45) is 0.504. The summed E-state index contributed by atoms with van der Waals surface area (Å²) >= 11 is 0. The lowest BCUT2D eigenvalue weighted by atomic mass is 10.1. The van der Waals surface area contributed by atoms with Crippen LogP contribution in [0.3, 0.4) is 0 Å². The van der Waals surface area contributed by atoms with Crippen molar-refractivity contribution in [1.29, 1.82) is 0 Å². The molecule has 0 bridgehead atoms. The number of nitrogens with one attached hydrogen (secondary N) is 1. The van der Waals surface area contributed by atoms with E-state index in [0.717, 1.165) is 51.4 Å². The third kappa shape index (κ3) is 4.73. The Morgan fingerprint density at radius 3 is 2.83 bits per heavy atom. The van der Waals surface area contributed by atoms with E-state index in [-0.39, 0.29) is 17.8 Å². The number of ether oxygens (including phenoxy) is 1. The van der Waals surface area contributed by atoms with Crippen molar-refractivity contribution >= 4 is 5.91 Å². The van der Waals surface area contributed by atoms with Gasteiger partial charge in [-0.25, -0.2) is 4.39 Å². The number of carbonyl (C=O) groups excluding carboxylic acids is 1. The molecule has 2 aliphatic rings. The number of carbonyl (C=O) groups is 1. The summed E-state index contributed by atoms with van der Waals surface area (Å²) in [5, 5.41) is 3.32. The first-order valence-electron chi connectivity index (χ1n) is 8.26. The summed E-state index contributed by atoms with van der Waals surface area (Å²) in [5.41, 5.74) is 0.980. The first kappa shape index (κ1) is 16.4. The van der Waals surface area contributed by atoms with Crippen LogP contribution >= 0.6 is 0 Å². The summed E-state index contributed by atoms with van der Waals surface area (Å²) in [7, 11) is 0. The van der Waals surface area contributed by atoms with Crippen LogP contribution in [0.1, 0.15) is 12.0 Å². The van der Waals surface area contributed by atoms with Crippen LogP contribution in [0.2, 0.25) is 0 Å². The van der Waals surface area contributed by atoms with Crippen molar-refractivity contribution in [2.24, 2.45) is 0 Å². The van der Waals surface area contributed by atoms with E-state index < -0.39 is 0 Å². The summed E-state index contributed by atoms with van der Waals surface area (Å²) < 4.78 is 18.6. The monoisotopic (exact) mass is 321 g/mol. The quantitative estimate of drug-likeness (QED) is 0.893. The van der Waals surface area contributed by atoms with E-state index in [4.69, 9.17) is 4.74 Å². The zero-order valence-corrected chi connectivity index (χ0v) is 13.3. The number of amides is 1. The number of benzene rings is 1. The highest BCUT2D eigenvalue weighted by Gasteiger charge is 2.24. The number of rotatable bonds is 4. The average molecular weight is 321 g/mol. The van der Waals surface area contributed by atoms with Crippen molar-refractivity contribution in [1.82, 2.24) is 15.1 Å². The SMILES string of the molecule is O=C(C[C@@H]1COCCN1)N1CCN(Cc2cccc(F)c2)CC1. The van der Waals surface area contributed by atoms with Gasteiger partial charge in [0, 0.05) is 51.7 Å². The minimum atomic E-state index is -0.196. The van der Waals surface area contributed by atoms with Gasteiger partial charge in [0.25, 0.3) is 0 Å². The van der Waals surface area contributed by atoms with Crippen LogP contribution < -0.4 is 5.32 Å². The molecule has 1 amide bonds. The molecule has 1 atom stereocenters. The standard InChI is InChI=1S/C17H24FN3O2/c18-15-3-1-2-14(10-15)12-20-5-7-21(8-6-20)17(22)11-16-13-23-9-4-19-16/h1-3,10,16,19H,4-9,11-13H2/t16-/m1/s1. The number of halogens is 1. The molecule has 2 heterocycles. The molecule has 0 aromatic heterocycles. The zero-order chi connectivity index (χ0) is 16.1. The normalized spacial score (nSPS) is 23.0. The molecule has 2 saturated heterocycles. The van der Waals surface area contributed by atoms with E-state index in [1.54, 1.807) is 12.1 Å². The second kappa shape index (κ2) is 7.86. The number of piperazine rings is 1. The Kier molecular flexibility index (Phi) is 5.59. The summed E-state index contributed by atoms with van der Waals surface area (Å²) in [6.45, 7) is 6.03. The van der Waals surface area contributed by atoms with E-state index in [2.05, 4.69) is 10.2 Å². The minimum Gasteiger partial charge on any atom is -0.378 e. The molecule has 0 aliphatic carbocycles. The molecule has 6 heteroatoms. The van der Waals surface area contributed by atoms with Crippen molar-refractivity contribution in [2.45, 2.75) is 19.0 Å². The molecular weight excluding hydrogens is 297 g/mol. The molecule has 3 rings (SSSR count). The lowest BCUT2D eigenvalue weighted by molar-refractivity contribution is -0.134. The van der Waals surface area contributed by atoms with Gasteiger partial charge in [0.1, 0.15) is 5.82 Å². The van der Waals surface area contributed by atoms with Crippen molar-refractivity contribution in [3.63, 3.8) is 0 Å². The average Bonchev–Trinajstić information content (AvgIpc) is 2.56. The van der Waals surface area contributed by atoms with Crippen LogP contribution in [-0.4, -0.2) is 67.7 Å². The molecule has 5 nitrogen and oxygen atoms in total. The Labute approximate surface area is 136 Å². The fraction of sp³-hybridized carbons (Fsp3) is 0.588. The first-order chi connectivity index (χ1) is 11.2. The lowest BCUT2D eigenvalue weighted by Gasteiger charge is -2.35. The second-order valence-electron chi connectivity index (χ2n) is 6.22. The summed E-state index contributed by atoms with van der Waals surface area (Å²) in [4.78, 5) is 16.5. The van der Waals surface area contributed by atoms with Gasteiger partial charge >= 0.3 is 0 Å². The van der Waals surface area contributed by atoms with Gasteiger partial charge in [-0.05, 0) is 17.7 Å². The Morgan fingerprint density at radius 1 is 1.30 bits per heavy atom. The van der Waals surface area contributed by atoms with Crippen molar-refractivity contribution in [2.75, 3.05) is 45.9 Å². The molecule has 2 aliphatic heterocycles. The predicted molar refractivity (Wildman–Crippen MR) is 85.5 cm³/mol. The Bertz CT molecular complexity index is 526. The van der Waals surface area contributed by atoms with Gasteiger partial charge in [-0.1, -0.05) is 12.1 Å². The number of nitrogens with zero attached hydrogens (tertiary/aromatic N) is 2. The van der Waals surface area contributed by atoms with Crippen LogP contribution in [0.4, 0.5) is 4.39 Å². The van der Waals surface area contributed by atoms with Gasteiger partial charge in [-0.3, -0.25) is 9.69 Å². The van der Waals surface area contributed by atoms with Gasteiger partial charge < -0.3 is 15.0 Å². The molecule has 126 valence electrons. The molecular formula is C17H24FN3O2. The van der Waals surface area contributed by atoms with Gasteiger partial charge in [-0.15, -0.1) is 0 Å². The van der Waals surface area contributed by atoms with Crippen LogP contribution in [0.5, 0.6) is 0 Å². The highest BCUT2D eigenvalue weighted by Crippen LogP contribution is 2.11. The summed E-state index contributed by atoms with van der Waals surface area (Å²) in [6, 6.07) is 6.86. The summed E-state index contributed by atoms with van der Waals surface area (Å²) in [5.74, 6) is -0.00285. The van der Waals surface area contributed by atoms with Gasteiger partial charge in [-0.2, -0.15) is 0 Å². The molecule has 23 heavy (non-hydrogen) atoms. The maximum absolute atomic E-state index is 13.2. The minimum absolute atomic E-state index is 0.140. The fourth-order valence-electron chi connectivity index (χ4n) is 3.14. The smallest absolute Gasteiger partial charge is 0.224 e. The van der Waals surface area contributed by atoms with E-state index in [1.165, 1.54) is 6.07 Å². The van der Waals surface area contributed by atoms with Crippen molar-refractivity contribution in [3.05, 3.63) is 35.6 Å². The molecule has 1 aromatic rings. The van der Waals surface area contributed by atoms with Crippen molar-refractivity contribution < 1.29 is 13.9 Å². The van der Waals surface area contributed by atoms with E-state index in [0.29, 0.717) is 13.0 Å². The first-order valence-corrected chi connectivity index (χ1v) is 8.26. The van der Waals surface area contributed by atoms with Crippen LogP contribution in [-0.2, 0) is 16.1 Å². The van der Waals surface area contributed by atoms with Gasteiger partial charge in [0.15, 0.2) is 0 Å². The predicted octanol–water partition coefficient (Wildman–Crippen LogP) is 0.848. The Hall–Kier alpha value is -1.50. The highest BCUT2D eigenvalue weighted by molar-refractivity contribution is 5.77. The Morgan fingerprint density at radius 2 is 2.13 bits per heavy atom. The van der Waals surface area contributed by atoms with Crippen LogP contribution in [0.25, 0.3) is 0 Å². The van der Waals surface area contributed by atoms with Crippen LogP contribution in [0, 0.1) is 5.82 Å². The lowest BCUT2D eigenvalue weighted by Crippen LogP contribution is -2.51.